The van der Waals surface area contributed by atoms with E-state index in [2.05, 4.69) is 20.2 Å². The Bertz CT molecular complexity index is 1210. The highest BCUT2D eigenvalue weighted by Crippen LogP contribution is 2.39. The molecule has 0 spiro atoms. The summed E-state index contributed by atoms with van der Waals surface area (Å²) in [5, 5.41) is 8.59. The van der Waals surface area contributed by atoms with Gasteiger partial charge < -0.3 is 9.88 Å². The van der Waals surface area contributed by atoms with Crippen LogP contribution in [-0.4, -0.2) is 48.5 Å². The molecule has 1 N–H and O–H groups in total. The maximum absolute atomic E-state index is 13.4. The monoisotopic (exact) mass is 392 g/mol. The normalized spacial score (nSPS) is 14.0. The number of pyridine rings is 1. The van der Waals surface area contributed by atoms with Crippen LogP contribution in [0.25, 0.3) is 16.7 Å². The quantitative estimate of drug-likeness (QED) is 0.546. The van der Waals surface area contributed by atoms with Gasteiger partial charge in [0.15, 0.2) is 5.65 Å². The number of hydrogen-bond donors (Lipinski definition) is 1. The van der Waals surface area contributed by atoms with E-state index in [9.17, 15) is 9.18 Å². The lowest BCUT2D eigenvalue weighted by molar-refractivity contribution is 0.0767. The van der Waals surface area contributed by atoms with Gasteiger partial charge in [-0.3, -0.25) is 9.20 Å². The van der Waals surface area contributed by atoms with E-state index in [1.165, 1.54) is 12.1 Å². The number of fused-ring (bicyclic) bond motifs is 2. The number of amides is 1. The minimum atomic E-state index is -0.301. The van der Waals surface area contributed by atoms with Crippen LogP contribution in [0.15, 0.2) is 36.5 Å². The van der Waals surface area contributed by atoms with Crippen molar-refractivity contribution in [3.05, 3.63) is 59.6 Å². The molecule has 148 valence electrons. The van der Waals surface area contributed by atoms with Crippen LogP contribution in [0.3, 0.4) is 0 Å². The second kappa shape index (κ2) is 6.95. The fourth-order valence-corrected chi connectivity index (χ4v) is 3.69. The topological polar surface area (TPSA) is 79.2 Å². The van der Waals surface area contributed by atoms with Crippen LogP contribution in [0.5, 0.6) is 0 Å². The number of rotatable bonds is 6. The minimum absolute atomic E-state index is 0.0741. The lowest BCUT2D eigenvalue weighted by atomic mass is 10.2. The molecule has 3 heterocycles. The Morgan fingerprint density at radius 2 is 2.17 bits per heavy atom. The minimum Gasteiger partial charge on any atom is -0.342 e. The van der Waals surface area contributed by atoms with E-state index in [-0.39, 0.29) is 11.7 Å². The van der Waals surface area contributed by atoms with Crippen LogP contribution in [0.4, 0.5) is 4.39 Å². The number of carbonyl (C=O) groups is 1. The molecular formula is C21H21FN6O. The summed E-state index contributed by atoms with van der Waals surface area (Å²) in [6.07, 6.45) is 4.73. The number of H-pyrrole nitrogens is 1. The van der Waals surface area contributed by atoms with Crippen molar-refractivity contribution in [1.29, 1.82) is 0 Å². The van der Waals surface area contributed by atoms with Crippen molar-refractivity contribution in [1.82, 2.24) is 29.5 Å². The van der Waals surface area contributed by atoms with Gasteiger partial charge in [-0.2, -0.15) is 0 Å². The number of nitrogens with one attached hydrogen (secondary N) is 1. The molecule has 1 fully saturated rings. The summed E-state index contributed by atoms with van der Waals surface area (Å²) in [6.45, 7) is 3.02. The molecular weight excluding hydrogens is 371 g/mol. The SMILES string of the molecule is CCN(CCc1nc2ccc(F)cc2[nH]1)C(=O)c1cccn2c(C3CC3)nnc12. The third-order valence-corrected chi connectivity index (χ3v) is 5.41. The van der Waals surface area contributed by atoms with Gasteiger partial charge in [0.25, 0.3) is 5.91 Å². The zero-order valence-electron chi connectivity index (χ0n) is 16.1. The molecule has 0 saturated heterocycles. The number of imidazole rings is 1. The van der Waals surface area contributed by atoms with Gasteiger partial charge in [0, 0.05) is 31.6 Å². The summed E-state index contributed by atoms with van der Waals surface area (Å²) in [7, 11) is 0. The Kier molecular flexibility index (Phi) is 4.26. The summed E-state index contributed by atoms with van der Waals surface area (Å²) in [6, 6.07) is 8.14. The molecule has 0 bridgehead atoms. The number of benzene rings is 1. The van der Waals surface area contributed by atoms with Crippen molar-refractivity contribution in [2.24, 2.45) is 0 Å². The predicted octanol–water partition coefficient (Wildman–Crippen LogP) is 3.33. The van der Waals surface area contributed by atoms with Crippen molar-refractivity contribution in [3.8, 4) is 0 Å². The molecule has 8 heteroatoms. The highest BCUT2D eigenvalue weighted by molar-refractivity contribution is 5.99. The first-order chi connectivity index (χ1) is 14.1. The van der Waals surface area contributed by atoms with Crippen LogP contribution >= 0.6 is 0 Å². The van der Waals surface area contributed by atoms with E-state index in [1.807, 2.05) is 23.6 Å². The van der Waals surface area contributed by atoms with Gasteiger partial charge in [0.05, 0.1) is 16.6 Å². The first kappa shape index (κ1) is 17.8. The molecule has 3 aromatic heterocycles. The molecule has 0 radical (unpaired) electrons. The smallest absolute Gasteiger partial charge is 0.257 e. The third-order valence-electron chi connectivity index (χ3n) is 5.41. The molecule has 4 aromatic rings. The summed E-state index contributed by atoms with van der Waals surface area (Å²) < 4.78 is 15.3. The van der Waals surface area contributed by atoms with Crippen molar-refractivity contribution in [3.63, 3.8) is 0 Å². The van der Waals surface area contributed by atoms with Crippen LogP contribution in [0, 0.1) is 5.82 Å². The van der Waals surface area contributed by atoms with E-state index in [4.69, 9.17) is 0 Å². The van der Waals surface area contributed by atoms with Gasteiger partial charge in [-0.1, -0.05) is 0 Å². The molecule has 0 atom stereocenters. The van der Waals surface area contributed by atoms with Crippen LogP contribution in [-0.2, 0) is 6.42 Å². The van der Waals surface area contributed by atoms with E-state index in [0.717, 1.165) is 30.0 Å². The molecule has 1 saturated carbocycles. The Morgan fingerprint density at radius 1 is 1.31 bits per heavy atom. The van der Waals surface area contributed by atoms with Crippen molar-refractivity contribution in [2.45, 2.75) is 32.1 Å². The average Bonchev–Trinajstić information content (AvgIpc) is 3.34. The Hall–Kier alpha value is -3.29. The second-order valence-electron chi connectivity index (χ2n) is 7.43. The molecule has 1 aromatic carbocycles. The third kappa shape index (κ3) is 3.24. The number of aromatic nitrogens is 5. The summed E-state index contributed by atoms with van der Waals surface area (Å²) in [5.41, 5.74) is 2.55. The number of aromatic amines is 1. The fraction of sp³-hybridized carbons (Fsp3) is 0.333. The number of carbonyl (C=O) groups excluding carboxylic acids is 1. The summed E-state index contributed by atoms with van der Waals surface area (Å²) in [4.78, 5) is 22.6. The molecule has 0 unspecified atom stereocenters. The number of halogens is 1. The second-order valence-corrected chi connectivity index (χ2v) is 7.43. The van der Waals surface area contributed by atoms with Gasteiger partial charge in [0.2, 0.25) is 0 Å². The molecule has 7 nitrogen and oxygen atoms in total. The first-order valence-corrected chi connectivity index (χ1v) is 9.91. The molecule has 5 rings (SSSR count). The van der Waals surface area contributed by atoms with Gasteiger partial charge in [-0.25, -0.2) is 9.37 Å². The molecule has 1 aliphatic carbocycles. The van der Waals surface area contributed by atoms with Crippen molar-refractivity contribution < 1.29 is 9.18 Å². The van der Waals surface area contributed by atoms with Gasteiger partial charge in [0.1, 0.15) is 17.5 Å². The van der Waals surface area contributed by atoms with E-state index < -0.39 is 0 Å². The van der Waals surface area contributed by atoms with E-state index in [1.54, 1.807) is 17.0 Å². The van der Waals surface area contributed by atoms with Crippen LogP contribution in [0.1, 0.15) is 47.7 Å². The van der Waals surface area contributed by atoms with Crippen molar-refractivity contribution >= 4 is 22.6 Å². The first-order valence-electron chi connectivity index (χ1n) is 9.91. The standard InChI is InChI=1S/C21H21FN6O/c1-2-27(11-9-18-23-16-8-7-14(22)12-17(16)24-18)21(29)15-4-3-10-28-19(13-5-6-13)25-26-20(15)28/h3-4,7-8,10,12-13H,2,5-6,9,11H2,1H3,(H,23,24). The number of nitrogens with zero attached hydrogens (tertiary/aromatic N) is 5. The molecule has 0 aliphatic heterocycles. The fourth-order valence-electron chi connectivity index (χ4n) is 3.69. The molecule has 1 aliphatic rings. The maximum atomic E-state index is 13.4. The Labute approximate surface area is 166 Å². The largest absolute Gasteiger partial charge is 0.342 e. The zero-order chi connectivity index (χ0) is 20.0. The number of hydrogen-bond acceptors (Lipinski definition) is 4. The van der Waals surface area contributed by atoms with Gasteiger partial charge >= 0.3 is 0 Å². The zero-order valence-corrected chi connectivity index (χ0v) is 16.1. The van der Waals surface area contributed by atoms with E-state index in [0.29, 0.717) is 42.2 Å². The van der Waals surface area contributed by atoms with Gasteiger partial charge in [-0.15, -0.1) is 10.2 Å². The summed E-state index contributed by atoms with van der Waals surface area (Å²) >= 11 is 0. The van der Waals surface area contributed by atoms with Gasteiger partial charge in [-0.05, 0) is 50.1 Å². The Morgan fingerprint density at radius 3 is 2.97 bits per heavy atom. The Balaban J connectivity index is 1.37. The number of likely N-dealkylation sites (N-methyl/N-ethyl adjacent to an activating group) is 1. The average molecular weight is 392 g/mol. The lowest BCUT2D eigenvalue weighted by Gasteiger charge is -2.20. The highest BCUT2D eigenvalue weighted by atomic mass is 19.1. The molecule has 29 heavy (non-hydrogen) atoms. The van der Waals surface area contributed by atoms with Crippen LogP contribution < -0.4 is 0 Å². The highest BCUT2D eigenvalue weighted by Gasteiger charge is 2.30. The summed E-state index contributed by atoms with van der Waals surface area (Å²) in [5.74, 6) is 1.75. The van der Waals surface area contributed by atoms with E-state index >= 15 is 0 Å². The lowest BCUT2D eigenvalue weighted by Crippen LogP contribution is -2.33. The molecule has 1 amide bonds. The maximum Gasteiger partial charge on any atom is 0.257 e. The van der Waals surface area contributed by atoms with Crippen molar-refractivity contribution in [2.75, 3.05) is 13.1 Å². The van der Waals surface area contributed by atoms with Crippen LogP contribution in [0.2, 0.25) is 0 Å². The predicted molar refractivity (Wildman–Crippen MR) is 106 cm³/mol.